The lowest BCUT2D eigenvalue weighted by molar-refractivity contribution is -0.122. The maximum atomic E-state index is 12.9. The van der Waals surface area contributed by atoms with Crippen LogP contribution in [0.1, 0.15) is 5.69 Å². The number of hydrogen-bond acceptors (Lipinski definition) is 5. The van der Waals surface area contributed by atoms with Gasteiger partial charge in [0.1, 0.15) is 0 Å². The van der Waals surface area contributed by atoms with Gasteiger partial charge in [-0.1, -0.05) is 30.3 Å². The minimum absolute atomic E-state index is 0.120. The number of anilines is 2. The second kappa shape index (κ2) is 5.87. The highest BCUT2D eigenvalue weighted by Crippen LogP contribution is 2.38. The van der Waals surface area contributed by atoms with Crippen molar-refractivity contribution in [2.75, 3.05) is 22.9 Å². The predicted molar refractivity (Wildman–Crippen MR) is 102 cm³/mol. The molecule has 3 aromatic rings. The monoisotopic (exact) mass is 358 g/mol. The van der Waals surface area contributed by atoms with E-state index in [9.17, 15) is 9.59 Å². The van der Waals surface area contributed by atoms with Gasteiger partial charge in [0.05, 0.1) is 34.3 Å². The molecule has 2 saturated heterocycles. The standard InChI is InChI=1S/C21H18N4O2/c1-13-19(23-18-10-6-5-9-17(18)22-13)24-11-15-16(12-24)21(27)25(20(15)26)14-7-3-2-4-8-14/h2-10,15-16H,11-12H2,1H3. The zero-order chi connectivity index (χ0) is 18.5. The van der Waals surface area contributed by atoms with Crippen molar-refractivity contribution in [1.29, 1.82) is 0 Å². The molecular formula is C21H18N4O2. The molecule has 0 N–H and O–H groups in total. The minimum Gasteiger partial charge on any atom is -0.353 e. The Kier molecular flexibility index (Phi) is 3.47. The topological polar surface area (TPSA) is 66.4 Å². The number of carbonyl (C=O) groups is 2. The summed E-state index contributed by atoms with van der Waals surface area (Å²) in [7, 11) is 0. The molecule has 5 rings (SSSR count). The average Bonchev–Trinajstić information content (AvgIpc) is 3.22. The van der Waals surface area contributed by atoms with Gasteiger partial charge in [-0.3, -0.25) is 9.59 Å². The van der Waals surface area contributed by atoms with E-state index in [0.29, 0.717) is 18.8 Å². The molecule has 2 aromatic carbocycles. The summed E-state index contributed by atoms with van der Waals surface area (Å²) in [6.45, 7) is 2.90. The first-order chi connectivity index (χ1) is 13.1. The lowest BCUT2D eigenvalue weighted by Gasteiger charge is -2.22. The van der Waals surface area contributed by atoms with Crippen molar-refractivity contribution >= 4 is 34.4 Å². The van der Waals surface area contributed by atoms with Crippen LogP contribution < -0.4 is 9.80 Å². The third-order valence-electron chi connectivity index (χ3n) is 5.43. The number of fused-ring (bicyclic) bond motifs is 2. The molecule has 2 unspecified atom stereocenters. The fraction of sp³-hybridized carbons (Fsp3) is 0.238. The van der Waals surface area contributed by atoms with Gasteiger partial charge < -0.3 is 4.90 Å². The molecule has 0 aliphatic carbocycles. The molecule has 27 heavy (non-hydrogen) atoms. The van der Waals surface area contributed by atoms with Crippen molar-refractivity contribution in [1.82, 2.24) is 9.97 Å². The Hall–Kier alpha value is -3.28. The summed E-state index contributed by atoms with van der Waals surface area (Å²) in [4.78, 5) is 38.6. The molecule has 6 nitrogen and oxygen atoms in total. The van der Waals surface area contributed by atoms with Crippen molar-refractivity contribution < 1.29 is 9.59 Å². The largest absolute Gasteiger partial charge is 0.353 e. The molecule has 134 valence electrons. The summed E-state index contributed by atoms with van der Waals surface area (Å²) in [5, 5.41) is 0. The molecule has 3 heterocycles. The number of imide groups is 1. The van der Waals surface area contributed by atoms with Gasteiger partial charge in [0, 0.05) is 13.1 Å². The van der Waals surface area contributed by atoms with Gasteiger partial charge >= 0.3 is 0 Å². The highest BCUT2D eigenvalue weighted by atomic mass is 16.2. The van der Waals surface area contributed by atoms with Crippen molar-refractivity contribution in [3.05, 3.63) is 60.3 Å². The van der Waals surface area contributed by atoms with Crippen LogP contribution in [0.3, 0.4) is 0 Å². The summed E-state index contributed by atoms with van der Waals surface area (Å²) in [5.41, 5.74) is 3.13. The Morgan fingerprint density at radius 2 is 1.37 bits per heavy atom. The SMILES string of the molecule is Cc1nc2ccccc2nc1N1CC2C(=O)N(c3ccccc3)C(=O)C2C1. The Morgan fingerprint density at radius 1 is 0.815 bits per heavy atom. The summed E-state index contributed by atoms with van der Waals surface area (Å²) in [6.07, 6.45) is 0. The molecule has 1 aromatic heterocycles. The van der Waals surface area contributed by atoms with Gasteiger partial charge in [-0.2, -0.15) is 0 Å². The fourth-order valence-electron chi connectivity index (χ4n) is 4.13. The van der Waals surface area contributed by atoms with E-state index >= 15 is 0 Å². The van der Waals surface area contributed by atoms with Crippen molar-refractivity contribution in [3.63, 3.8) is 0 Å². The molecule has 2 aliphatic heterocycles. The van der Waals surface area contributed by atoms with E-state index in [-0.39, 0.29) is 23.7 Å². The Balaban J connectivity index is 1.46. The second-order valence-electron chi connectivity index (χ2n) is 7.09. The molecule has 0 radical (unpaired) electrons. The highest BCUT2D eigenvalue weighted by Gasteiger charge is 2.53. The van der Waals surface area contributed by atoms with Crippen molar-refractivity contribution in [3.8, 4) is 0 Å². The first-order valence-electron chi connectivity index (χ1n) is 9.04. The van der Waals surface area contributed by atoms with Crippen molar-refractivity contribution in [2.24, 2.45) is 11.8 Å². The van der Waals surface area contributed by atoms with Gasteiger partial charge in [-0.25, -0.2) is 14.9 Å². The van der Waals surface area contributed by atoms with E-state index in [2.05, 4.69) is 4.98 Å². The average molecular weight is 358 g/mol. The summed E-state index contributed by atoms with van der Waals surface area (Å²) in [6, 6.07) is 16.9. The molecule has 0 saturated carbocycles. The summed E-state index contributed by atoms with van der Waals surface area (Å²) >= 11 is 0. The number of aryl methyl sites for hydroxylation is 1. The smallest absolute Gasteiger partial charge is 0.239 e. The Labute approximate surface area is 156 Å². The van der Waals surface area contributed by atoms with Gasteiger partial charge in [0.2, 0.25) is 11.8 Å². The van der Waals surface area contributed by atoms with Crippen LogP contribution in [-0.2, 0) is 9.59 Å². The lowest BCUT2D eigenvalue weighted by atomic mass is 10.00. The van der Waals surface area contributed by atoms with Gasteiger partial charge in [0.15, 0.2) is 5.82 Å². The molecular weight excluding hydrogens is 340 g/mol. The quantitative estimate of drug-likeness (QED) is 0.659. The number of aromatic nitrogens is 2. The van der Waals surface area contributed by atoms with E-state index in [1.54, 1.807) is 12.1 Å². The van der Waals surface area contributed by atoms with Gasteiger partial charge in [0.25, 0.3) is 0 Å². The minimum atomic E-state index is -0.328. The molecule has 2 amide bonds. The zero-order valence-electron chi connectivity index (χ0n) is 14.9. The van der Waals surface area contributed by atoms with Crippen molar-refractivity contribution in [2.45, 2.75) is 6.92 Å². The van der Waals surface area contributed by atoms with Crippen LogP contribution in [0.4, 0.5) is 11.5 Å². The maximum Gasteiger partial charge on any atom is 0.239 e. The van der Waals surface area contributed by atoms with Gasteiger partial charge in [-0.15, -0.1) is 0 Å². The fourth-order valence-corrected chi connectivity index (χ4v) is 4.13. The Bertz CT molecular complexity index is 1040. The number of rotatable bonds is 2. The second-order valence-corrected chi connectivity index (χ2v) is 7.09. The highest BCUT2D eigenvalue weighted by molar-refractivity contribution is 6.22. The number of benzene rings is 2. The van der Waals surface area contributed by atoms with Crippen LogP contribution in [0.5, 0.6) is 0 Å². The third kappa shape index (κ3) is 2.40. The zero-order valence-corrected chi connectivity index (χ0v) is 14.9. The van der Waals surface area contributed by atoms with E-state index in [1.165, 1.54) is 4.90 Å². The van der Waals surface area contributed by atoms with Crippen LogP contribution in [-0.4, -0.2) is 34.9 Å². The number of hydrogen-bond donors (Lipinski definition) is 0. The molecule has 6 heteroatoms. The number of amides is 2. The summed E-state index contributed by atoms with van der Waals surface area (Å²) < 4.78 is 0. The first kappa shape index (κ1) is 15.9. The molecule has 0 bridgehead atoms. The first-order valence-corrected chi connectivity index (χ1v) is 9.04. The van der Waals surface area contributed by atoms with Crippen LogP contribution in [0.25, 0.3) is 11.0 Å². The predicted octanol–water partition coefficient (Wildman–Crippen LogP) is 2.56. The van der Waals surface area contributed by atoms with E-state index in [1.807, 2.05) is 54.3 Å². The van der Waals surface area contributed by atoms with Crippen LogP contribution in [0.15, 0.2) is 54.6 Å². The molecule has 0 spiro atoms. The number of nitrogens with zero attached hydrogens (tertiary/aromatic N) is 4. The van der Waals surface area contributed by atoms with Crippen LogP contribution in [0.2, 0.25) is 0 Å². The van der Waals surface area contributed by atoms with E-state index in [4.69, 9.17) is 4.98 Å². The van der Waals surface area contributed by atoms with E-state index < -0.39 is 0 Å². The molecule has 2 atom stereocenters. The van der Waals surface area contributed by atoms with Gasteiger partial charge in [-0.05, 0) is 31.2 Å². The number of carbonyl (C=O) groups excluding carboxylic acids is 2. The lowest BCUT2D eigenvalue weighted by Crippen LogP contribution is -2.36. The summed E-state index contributed by atoms with van der Waals surface area (Å²) in [5.74, 6) is -0.138. The maximum absolute atomic E-state index is 12.9. The Morgan fingerprint density at radius 3 is 2.00 bits per heavy atom. The number of para-hydroxylation sites is 3. The third-order valence-corrected chi connectivity index (χ3v) is 5.43. The molecule has 2 fully saturated rings. The molecule has 2 aliphatic rings. The normalized spacial score (nSPS) is 22.0. The van der Waals surface area contributed by atoms with Crippen LogP contribution in [0, 0.1) is 18.8 Å². The van der Waals surface area contributed by atoms with Crippen LogP contribution >= 0.6 is 0 Å². The van der Waals surface area contributed by atoms with E-state index in [0.717, 1.165) is 22.5 Å².